The van der Waals surface area contributed by atoms with Crippen LogP contribution in [0.4, 0.5) is 5.69 Å². The highest BCUT2D eigenvalue weighted by molar-refractivity contribution is 8.00. The van der Waals surface area contributed by atoms with E-state index in [0.29, 0.717) is 0 Å². The molecule has 18 heavy (non-hydrogen) atoms. The maximum absolute atomic E-state index is 5.97. The second kappa shape index (κ2) is 7.05. The van der Waals surface area contributed by atoms with Crippen LogP contribution >= 0.6 is 11.8 Å². The summed E-state index contributed by atoms with van der Waals surface area (Å²) in [6, 6.07) is 8.24. The lowest BCUT2D eigenvalue weighted by Gasteiger charge is -2.31. The standard InChI is InChI=1S/C15H24N2S/c1-2-14-12-17(10-11-18-14)9-5-7-13-6-3-4-8-15(13)16/h3-4,6,8,14H,2,5,7,9-12,16H2,1H3. The fourth-order valence-electron chi connectivity index (χ4n) is 2.49. The molecule has 0 bridgehead atoms. The molecule has 1 aromatic carbocycles. The van der Waals surface area contributed by atoms with Gasteiger partial charge in [0.25, 0.3) is 0 Å². The number of thioether (sulfide) groups is 1. The maximum Gasteiger partial charge on any atom is 0.0346 e. The Kier molecular flexibility index (Phi) is 5.39. The molecule has 1 aliphatic heterocycles. The summed E-state index contributed by atoms with van der Waals surface area (Å²) in [5.74, 6) is 1.30. The van der Waals surface area contributed by atoms with E-state index in [1.807, 2.05) is 12.1 Å². The van der Waals surface area contributed by atoms with Gasteiger partial charge in [-0.25, -0.2) is 0 Å². The molecule has 0 saturated carbocycles. The average molecular weight is 264 g/mol. The van der Waals surface area contributed by atoms with Crippen molar-refractivity contribution in [2.24, 2.45) is 0 Å². The monoisotopic (exact) mass is 264 g/mol. The molecule has 0 aliphatic carbocycles. The molecule has 0 spiro atoms. The van der Waals surface area contributed by atoms with Gasteiger partial charge >= 0.3 is 0 Å². The van der Waals surface area contributed by atoms with Gasteiger partial charge in [-0.15, -0.1) is 0 Å². The molecule has 100 valence electrons. The molecular weight excluding hydrogens is 240 g/mol. The summed E-state index contributed by atoms with van der Waals surface area (Å²) in [5.41, 5.74) is 8.21. The summed E-state index contributed by atoms with van der Waals surface area (Å²) in [6.45, 7) is 6.04. The van der Waals surface area contributed by atoms with E-state index in [2.05, 4.69) is 35.7 Å². The van der Waals surface area contributed by atoms with Gasteiger partial charge in [-0.3, -0.25) is 0 Å². The SMILES string of the molecule is CCC1CN(CCCc2ccccc2N)CCS1. The lowest BCUT2D eigenvalue weighted by atomic mass is 10.1. The number of anilines is 1. The van der Waals surface area contributed by atoms with Gasteiger partial charge in [0.2, 0.25) is 0 Å². The van der Waals surface area contributed by atoms with Gasteiger partial charge in [0, 0.05) is 29.8 Å². The Morgan fingerprint density at radius 1 is 1.39 bits per heavy atom. The van der Waals surface area contributed by atoms with Crippen molar-refractivity contribution in [1.29, 1.82) is 0 Å². The minimum Gasteiger partial charge on any atom is -0.399 e. The number of hydrogen-bond donors (Lipinski definition) is 1. The molecule has 1 unspecified atom stereocenters. The second-order valence-electron chi connectivity index (χ2n) is 5.00. The minimum atomic E-state index is 0.848. The van der Waals surface area contributed by atoms with Gasteiger partial charge in [0.1, 0.15) is 0 Å². The number of benzene rings is 1. The summed E-state index contributed by atoms with van der Waals surface area (Å²) >= 11 is 2.14. The Hall–Kier alpha value is -0.670. The largest absolute Gasteiger partial charge is 0.399 e. The minimum absolute atomic E-state index is 0.848. The Bertz CT molecular complexity index is 367. The highest BCUT2D eigenvalue weighted by Crippen LogP contribution is 2.21. The van der Waals surface area contributed by atoms with Crippen molar-refractivity contribution in [3.8, 4) is 0 Å². The maximum atomic E-state index is 5.97. The first-order valence-electron chi connectivity index (χ1n) is 6.97. The Morgan fingerprint density at radius 3 is 3.00 bits per heavy atom. The van der Waals surface area contributed by atoms with E-state index in [-0.39, 0.29) is 0 Å². The fourth-order valence-corrected chi connectivity index (χ4v) is 3.73. The van der Waals surface area contributed by atoms with E-state index >= 15 is 0 Å². The molecule has 2 N–H and O–H groups in total. The zero-order valence-corrected chi connectivity index (χ0v) is 12.1. The molecule has 1 heterocycles. The van der Waals surface area contributed by atoms with Crippen LogP contribution in [0.25, 0.3) is 0 Å². The first-order valence-corrected chi connectivity index (χ1v) is 8.01. The summed E-state index contributed by atoms with van der Waals surface area (Å²) in [4.78, 5) is 2.61. The molecule has 0 amide bonds. The van der Waals surface area contributed by atoms with E-state index in [4.69, 9.17) is 5.73 Å². The summed E-state index contributed by atoms with van der Waals surface area (Å²) in [6.07, 6.45) is 3.62. The molecule has 0 aromatic heterocycles. The van der Waals surface area contributed by atoms with E-state index in [1.54, 1.807) is 0 Å². The molecule has 1 saturated heterocycles. The summed E-state index contributed by atoms with van der Waals surface area (Å²) < 4.78 is 0. The molecule has 2 nitrogen and oxygen atoms in total. The van der Waals surface area contributed by atoms with Crippen LogP contribution in [-0.2, 0) is 6.42 Å². The van der Waals surface area contributed by atoms with Crippen molar-refractivity contribution in [3.05, 3.63) is 29.8 Å². The zero-order chi connectivity index (χ0) is 12.8. The third kappa shape index (κ3) is 3.92. The van der Waals surface area contributed by atoms with Crippen molar-refractivity contribution in [3.63, 3.8) is 0 Å². The molecular formula is C15H24N2S. The van der Waals surface area contributed by atoms with Crippen molar-refractivity contribution < 1.29 is 0 Å². The van der Waals surface area contributed by atoms with Crippen LogP contribution in [0.15, 0.2) is 24.3 Å². The molecule has 0 radical (unpaired) electrons. The van der Waals surface area contributed by atoms with E-state index < -0.39 is 0 Å². The van der Waals surface area contributed by atoms with Gasteiger partial charge in [0.15, 0.2) is 0 Å². The fraction of sp³-hybridized carbons (Fsp3) is 0.600. The lowest BCUT2D eigenvalue weighted by Crippen LogP contribution is -2.38. The normalized spacial score (nSPS) is 21.1. The molecule has 2 rings (SSSR count). The quantitative estimate of drug-likeness (QED) is 0.829. The van der Waals surface area contributed by atoms with Gasteiger partial charge < -0.3 is 10.6 Å². The summed E-state index contributed by atoms with van der Waals surface area (Å²) in [7, 11) is 0. The second-order valence-corrected chi connectivity index (χ2v) is 6.41. The number of aryl methyl sites for hydroxylation is 1. The first kappa shape index (κ1) is 13.8. The van der Waals surface area contributed by atoms with Crippen molar-refractivity contribution in [1.82, 2.24) is 4.90 Å². The van der Waals surface area contributed by atoms with Crippen molar-refractivity contribution >= 4 is 17.4 Å². The number of rotatable bonds is 5. The Morgan fingerprint density at radius 2 is 2.22 bits per heavy atom. The third-order valence-electron chi connectivity index (χ3n) is 3.65. The molecule has 3 heteroatoms. The number of nitrogens with two attached hydrogens (primary N) is 1. The van der Waals surface area contributed by atoms with E-state index in [1.165, 1.54) is 43.8 Å². The highest BCUT2D eigenvalue weighted by atomic mass is 32.2. The average Bonchev–Trinajstić information content (AvgIpc) is 2.41. The number of nitrogens with zero attached hydrogens (tertiary/aromatic N) is 1. The van der Waals surface area contributed by atoms with E-state index in [9.17, 15) is 0 Å². The van der Waals surface area contributed by atoms with Gasteiger partial charge in [-0.05, 0) is 37.4 Å². The van der Waals surface area contributed by atoms with E-state index in [0.717, 1.165) is 17.4 Å². The van der Waals surface area contributed by atoms with Gasteiger partial charge in [-0.2, -0.15) is 11.8 Å². The number of hydrogen-bond acceptors (Lipinski definition) is 3. The first-order chi connectivity index (χ1) is 8.79. The predicted octanol–water partition coefficient (Wildman–Crippen LogP) is 3.03. The van der Waals surface area contributed by atoms with Crippen molar-refractivity contribution in [2.45, 2.75) is 31.4 Å². The molecule has 1 atom stereocenters. The molecule has 1 aliphatic rings. The van der Waals surface area contributed by atoms with Crippen LogP contribution in [0, 0.1) is 0 Å². The number of para-hydroxylation sites is 1. The number of nitrogen functional groups attached to an aromatic ring is 1. The highest BCUT2D eigenvalue weighted by Gasteiger charge is 2.18. The van der Waals surface area contributed by atoms with Gasteiger partial charge in [0.05, 0.1) is 0 Å². The third-order valence-corrected chi connectivity index (χ3v) is 5.03. The predicted molar refractivity (Wildman–Crippen MR) is 82.2 cm³/mol. The zero-order valence-electron chi connectivity index (χ0n) is 11.3. The van der Waals surface area contributed by atoms with Crippen LogP contribution in [0.5, 0.6) is 0 Å². The smallest absolute Gasteiger partial charge is 0.0346 e. The lowest BCUT2D eigenvalue weighted by molar-refractivity contribution is 0.278. The summed E-state index contributed by atoms with van der Waals surface area (Å²) in [5, 5.41) is 0.848. The molecule has 1 aromatic rings. The van der Waals surface area contributed by atoms with Crippen LogP contribution < -0.4 is 5.73 Å². The van der Waals surface area contributed by atoms with Gasteiger partial charge in [-0.1, -0.05) is 25.1 Å². The Labute approximate surface area is 115 Å². The van der Waals surface area contributed by atoms with Crippen LogP contribution in [0.2, 0.25) is 0 Å². The topological polar surface area (TPSA) is 29.3 Å². The van der Waals surface area contributed by atoms with Crippen LogP contribution in [0.1, 0.15) is 25.3 Å². The molecule has 1 fully saturated rings. The Balaban J connectivity index is 1.73. The van der Waals surface area contributed by atoms with Crippen molar-refractivity contribution in [2.75, 3.05) is 31.1 Å². The van der Waals surface area contributed by atoms with Crippen LogP contribution in [0.3, 0.4) is 0 Å². The van der Waals surface area contributed by atoms with Crippen LogP contribution in [-0.4, -0.2) is 35.5 Å².